The zero-order valence-corrected chi connectivity index (χ0v) is 15.8. The average molecular weight is 364 g/mol. The lowest BCUT2D eigenvalue weighted by Crippen LogP contribution is -2.49. The molecule has 3 heterocycles. The van der Waals surface area contributed by atoms with Crippen LogP contribution < -0.4 is 5.32 Å². The number of fused-ring (bicyclic) bond motifs is 1. The molecule has 4 rings (SSSR count). The number of halogens is 1. The van der Waals surface area contributed by atoms with E-state index in [9.17, 15) is 0 Å². The molecule has 3 aliphatic heterocycles. The quantitative estimate of drug-likeness (QED) is 0.870. The molecule has 3 fully saturated rings. The maximum Gasteiger partial charge on any atom is 0.0594 e. The van der Waals surface area contributed by atoms with Crippen molar-refractivity contribution in [3.05, 3.63) is 34.9 Å². The maximum absolute atomic E-state index is 6.54. The lowest BCUT2D eigenvalue weighted by molar-refractivity contribution is 0.0149. The molecule has 4 nitrogen and oxygen atoms in total. The number of hydrogen-bond acceptors (Lipinski definition) is 4. The summed E-state index contributed by atoms with van der Waals surface area (Å²) < 4.78 is 5.56. The number of ether oxygens (including phenoxy) is 1. The Bertz CT molecular complexity index is 564. The largest absolute Gasteiger partial charge is 0.379 e. The highest BCUT2D eigenvalue weighted by molar-refractivity contribution is 6.31. The number of piperidine rings is 1. The molecular formula is C20H30ClN3O. The number of rotatable bonds is 5. The molecule has 138 valence electrons. The van der Waals surface area contributed by atoms with E-state index in [0.29, 0.717) is 12.1 Å². The van der Waals surface area contributed by atoms with Gasteiger partial charge in [-0.2, -0.15) is 0 Å². The minimum absolute atomic E-state index is 0.333. The number of nitrogens with one attached hydrogen (secondary N) is 1. The third-order valence-electron chi connectivity index (χ3n) is 6.17. The van der Waals surface area contributed by atoms with Gasteiger partial charge in [0.25, 0.3) is 0 Å². The Balaban J connectivity index is 1.42. The molecule has 3 unspecified atom stereocenters. The zero-order valence-electron chi connectivity index (χ0n) is 15.0. The Morgan fingerprint density at radius 1 is 1.12 bits per heavy atom. The highest BCUT2D eigenvalue weighted by Crippen LogP contribution is 2.30. The Hall–Kier alpha value is -0.650. The predicted octanol–water partition coefficient (Wildman–Crippen LogP) is 2.93. The number of morpholine rings is 1. The molecule has 0 amide bonds. The van der Waals surface area contributed by atoms with E-state index in [1.807, 2.05) is 12.1 Å². The second-order valence-corrected chi connectivity index (χ2v) is 8.05. The molecule has 1 aromatic rings. The summed E-state index contributed by atoms with van der Waals surface area (Å²) in [5, 5.41) is 4.77. The van der Waals surface area contributed by atoms with Crippen LogP contribution in [0.3, 0.4) is 0 Å². The molecule has 3 atom stereocenters. The highest BCUT2D eigenvalue weighted by atomic mass is 35.5. The minimum Gasteiger partial charge on any atom is -0.379 e. The van der Waals surface area contributed by atoms with Gasteiger partial charge in [-0.25, -0.2) is 0 Å². The van der Waals surface area contributed by atoms with Crippen molar-refractivity contribution >= 4 is 11.6 Å². The van der Waals surface area contributed by atoms with E-state index < -0.39 is 0 Å². The third-order valence-corrected chi connectivity index (χ3v) is 6.52. The maximum atomic E-state index is 6.54. The van der Waals surface area contributed by atoms with E-state index >= 15 is 0 Å². The van der Waals surface area contributed by atoms with Gasteiger partial charge in [0.2, 0.25) is 0 Å². The summed E-state index contributed by atoms with van der Waals surface area (Å²) in [5.74, 6) is 0. The van der Waals surface area contributed by atoms with Crippen LogP contribution in [-0.4, -0.2) is 67.8 Å². The molecule has 0 radical (unpaired) electrons. The van der Waals surface area contributed by atoms with Gasteiger partial charge >= 0.3 is 0 Å². The topological polar surface area (TPSA) is 27.7 Å². The summed E-state index contributed by atoms with van der Waals surface area (Å²) >= 11 is 6.54. The van der Waals surface area contributed by atoms with Crippen LogP contribution in [-0.2, 0) is 4.74 Å². The van der Waals surface area contributed by atoms with Crippen molar-refractivity contribution in [2.45, 2.75) is 43.8 Å². The van der Waals surface area contributed by atoms with Crippen molar-refractivity contribution in [2.24, 2.45) is 0 Å². The Morgan fingerprint density at radius 2 is 1.96 bits per heavy atom. The number of hydrogen-bond donors (Lipinski definition) is 1. The minimum atomic E-state index is 0.333. The van der Waals surface area contributed by atoms with Crippen LogP contribution in [0.5, 0.6) is 0 Å². The molecule has 1 N–H and O–H groups in total. The molecule has 0 saturated carbocycles. The average Bonchev–Trinajstić information content (AvgIpc) is 3.12. The Labute approximate surface area is 156 Å². The smallest absolute Gasteiger partial charge is 0.0594 e. The van der Waals surface area contributed by atoms with Gasteiger partial charge < -0.3 is 15.0 Å². The van der Waals surface area contributed by atoms with Crippen molar-refractivity contribution in [1.29, 1.82) is 0 Å². The van der Waals surface area contributed by atoms with Gasteiger partial charge in [-0.05, 0) is 50.4 Å². The van der Waals surface area contributed by atoms with Crippen molar-refractivity contribution in [3.8, 4) is 0 Å². The SMILES string of the molecule is Clc1ccccc1C(CNC1CCN2CCCC2C1)N1CCOCC1. The summed E-state index contributed by atoms with van der Waals surface area (Å²) in [6.07, 6.45) is 5.34. The zero-order chi connectivity index (χ0) is 17.1. The molecule has 0 bridgehead atoms. The van der Waals surface area contributed by atoms with Gasteiger partial charge in [0, 0.05) is 42.8 Å². The second kappa shape index (κ2) is 8.36. The van der Waals surface area contributed by atoms with Gasteiger partial charge in [-0.3, -0.25) is 4.90 Å². The predicted molar refractivity (Wildman–Crippen MR) is 102 cm³/mol. The normalized spacial score (nSPS) is 29.5. The second-order valence-electron chi connectivity index (χ2n) is 7.65. The Morgan fingerprint density at radius 3 is 2.80 bits per heavy atom. The Kier molecular flexibility index (Phi) is 5.94. The van der Waals surface area contributed by atoms with Crippen LogP contribution in [0.2, 0.25) is 5.02 Å². The van der Waals surface area contributed by atoms with Crippen molar-refractivity contribution < 1.29 is 4.74 Å². The monoisotopic (exact) mass is 363 g/mol. The van der Waals surface area contributed by atoms with Crippen molar-refractivity contribution in [2.75, 3.05) is 45.9 Å². The van der Waals surface area contributed by atoms with Gasteiger partial charge in [0.15, 0.2) is 0 Å². The summed E-state index contributed by atoms with van der Waals surface area (Å²) in [6, 6.07) is 10.1. The van der Waals surface area contributed by atoms with Crippen LogP contribution in [0, 0.1) is 0 Å². The van der Waals surface area contributed by atoms with Crippen LogP contribution in [0.1, 0.15) is 37.3 Å². The fourth-order valence-electron chi connectivity index (χ4n) is 4.76. The number of nitrogens with zero attached hydrogens (tertiary/aromatic N) is 2. The van der Waals surface area contributed by atoms with E-state index in [4.69, 9.17) is 16.3 Å². The number of benzene rings is 1. The summed E-state index contributed by atoms with van der Waals surface area (Å²) in [5.41, 5.74) is 1.25. The van der Waals surface area contributed by atoms with Gasteiger partial charge in [0.05, 0.1) is 13.2 Å². The van der Waals surface area contributed by atoms with E-state index in [-0.39, 0.29) is 0 Å². The molecule has 5 heteroatoms. The molecule has 3 saturated heterocycles. The van der Waals surface area contributed by atoms with E-state index in [0.717, 1.165) is 43.9 Å². The van der Waals surface area contributed by atoms with Crippen molar-refractivity contribution in [3.63, 3.8) is 0 Å². The van der Waals surface area contributed by atoms with Crippen LogP contribution in [0.4, 0.5) is 0 Å². The van der Waals surface area contributed by atoms with E-state index in [1.165, 1.54) is 44.3 Å². The summed E-state index contributed by atoms with van der Waals surface area (Å²) in [7, 11) is 0. The first kappa shape index (κ1) is 17.7. The van der Waals surface area contributed by atoms with Gasteiger partial charge in [-0.1, -0.05) is 29.8 Å². The van der Waals surface area contributed by atoms with Crippen LogP contribution >= 0.6 is 11.6 Å². The molecule has 3 aliphatic rings. The first-order valence-electron chi connectivity index (χ1n) is 9.85. The fourth-order valence-corrected chi connectivity index (χ4v) is 5.02. The first-order chi connectivity index (χ1) is 12.3. The van der Waals surface area contributed by atoms with Gasteiger partial charge in [-0.15, -0.1) is 0 Å². The standard InChI is InChI=1S/C20H30ClN3O/c21-19-6-2-1-5-18(19)20(24-10-12-25-13-11-24)15-22-16-7-9-23-8-3-4-17(23)14-16/h1-2,5-6,16-17,20,22H,3-4,7-15H2. The van der Waals surface area contributed by atoms with Crippen LogP contribution in [0.25, 0.3) is 0 Å². The first-order valence-corrected chi connectivity index (χ1v) is 10.2. The van der Waals surface area contributed by atoms with Crippen LogP contribution in [0.15, 0.2) is 24.3 Å². The van der Waals surface area contributed by atoms with E-state index in [1.54, 1.807) is 0 Å². The van der Waals surface area contributed by atoms with Gasteiger partial charge in [0.1, 0.15) is 0 Å². The summed E-state index contributed by atoms with van der Waals surface area (Å²) in [4.78, 5) is 5.22. The molecule has 0 aromatic heterocycles. The lowest BCUT2D eigenvalue weighted by Gasteiger charge is -2.39. The molecule has 0 aliphatic carbocycles. The molecular weight excluding hydrogens is 334 g/mol. The molecule has 25 heavy (non-hydrogen) atoms. The van der Waals surface area contributed by atoms with Crippen molar-refractivity contribution in [1.82, 2.24) is 15.1 Å². The highest BCUT2D eigenvalue weighted by Gasteiger charge is 2.32. The molecule has 0 spiro atoms. The summed E-state index contributed by atoms with van der Waals surface area (Å²) in [6.45, 7) is 7.16. The molecule has 1 aromatic carbocycles. The van der Waals surface area contributed by atoms with E-state index in [2.05, 4.69) is 27.2 Å². The third kappa shape index (κ3) is 4.20. The lowest BCUT2D eigenvalue weighted by atomic mass is 9.96. The fraction of sp³-hybridized carbons (Fsp3) is 0.700.